The van der Waals surface area contributed by atoms with Gasteiger partial charge in [-0.3, -0.25) is 4.57 Å². The molecular weight excluding hydrogens is 253 g/mol. The SMILES string of the molecule is CCOP(=O)(OCC)C(N[Si](C)(C)C)C(C)C. The molecule has 6 heteroatoms. The Balaban J connectivity index is 5.03. The fourth-order valence-corrected chi connectivity index (χ4v) is 6.47. The second kappa shape index (κ2) is 7.05. The summed E-state index contributed by atoms with van der Waals surface area (Å²) in [6.07, 6.45) is 0. The average molecular weight is 281 g/mol. The van der Waals surface area contributed by atoms with E-state index in [1.807, 2.05) is 27.7 Å². The Labute approximate surface area is 107 Å². The van der Waals surface area contributed by atoms with Crippen molar-refractivity contribution in [2.75, 3.05) is 13.2 Å². The fraction of sp³-hybridized carbons (Fsp3) is 1.00. The minimum Gasteiger partial charge on any atom is -0.325 e. The second-order valence-electron chi connectivity index (χ2n) is 5.46. The van der Waals surface area contributed by atoms with Crippen LogP contribution in [0.2, 0.25) is 19.6 Å². The Morgan fingerprint density at radius 1 is 1.12 bits per heavy atom. The van der Waals surface area contributed by atoms with Crippen LogP contribution in [0.4, 0.5) is 0 Å². The predicted octanol–water partition coefficient (Wildman–Crippen LogP) is 3.66. The van der Waals surface area contributed by atoms with Crippen LogP contribution in [0.15, 0.2) is 0 Å². The molecule has 0 aliphatic rings. The first-order chi connectivity index (χ1) is 7.66. The van der Waals surface area contributed by atoms with Gasteiger partial charge in [-0.05, 0) is 19.8 Å². The molecule has 0 rings (SSSR count). The Morgan fingerprint density at radius 2 is 1.53 bits per heavy atom. The molecule has 0 aliphatic heterocycles. The molecule has 0 fully saturated rings. The van der Waals surface area contributed by atoms with Crippen LogP contribution >= 0.6 is 7.60 Å². The molecular formula is C11H28NO3PSi. The number of nitrogens with one attached hydrogen (secondary N) is 1. The van der Waals surface area contributed by atoms with Crippen molar-refractivity contribution in [3.8, 4) is 0 Å². The van der Waals surface area contributed by atoms with Crippen molar-refractivity contribution in [1.82, 2.24) is 4.98 Å². The first-order valence-corrected chi connectivity index (χ1v) is 11.4. The third-order valence-electron chi connectivity index (χ3n) is 2.17. The highest BCUT2D eigenvalue weighted by molar-refractivity contribution is 7.54. The third kappa shape index (κ3) is 6.16. The van der Waals surface area contributed by atoms with Crippen LogP contribution in [-0.4, -0.2) is 27.2 Å². The third-order valence-corrected chi connectivity index (χ3v) is 6.23. The summed E-state index contributed by atoms with van der Waals surface area (Å²) in [5.74, 6) is -0.000255. The van der Waals surface area contributed by atoms with E-state index in [0.29, 0.717) is 13.2 Å². The van der Waals surface area contributed by atoms with Crippen molar-refractivity contribution in [3.05, 3.63) is 0 Å². The highest BCUT2D eigenvalue weighted by Gasteiger charge is 2.39. The Morgan fingerprint density at radius 3 is 1.76 bits per heavy atom. The van der Waals surface area contributed by atoms with E-state index in [-0.39, 0.29) is 11.7 Å². The molecule has 0 radical (unpaired) electrons. The van der Waals surface area contributed by atoms with Gasteiger partial charge in [0.1, 0.15) is 14.0 Å². The molecule has 0 aromatic carbocycles. The van der Waals surface area contributed by atoms with Crippen LogP contribution in [0.1, 0.15) is 27.7 Å². The molecule has 0 aromatic heterocycles. The van der Waals surface area contributed by atoms with E-state index in [4.69, 9.17) is 9.05 Å². The van der Waals surface area contributed by atoms with E-state index in [0.717, 1.165) is 0 Å². The highest BCUT2D eigenvalue weighted by Crippen LogP contribution is 2.54. The maximum absolute atomic E-state index is 12.7. The number of hydrogen-bond donors (Lipinski definition) is 1. The van der Waals surface area contributed by atoms with Crippen LogP contribution < -0.4 is 4.98 Å². The van der Waals surface area contributed by atoms with Crippen molar-refractivity contribution in [1.29, 1.82) is 0 Å². The van der Waals surface area contributed by atoms with Gasteiger partial charge >= 0.3 is 7.60 Å². The molecule has 0 saturated carbocycles. The molecule has 1 N–H and O–H groups in total. The van der Waals surface area contributed by atoms with Crippen molar-refractivity contribution >= 4 is 15.8 Å². The molecule has 1 atom stereocenters. The van der Waals surface area contributed by atoms with Crippen molar-refractivity contribution in [2.24, 2.45) is 5.92 Å². The lowest BCUT2D eigenvalue weighted by atomic mass is 10.2. The Kier molecular flexibility index (Phi) is 7.18. The van der Waals surface area contributed by atoms with Crippen molar-refractivity contribution in [3.63, 3.8) is 0 Å². The van der Waals surface area contributed by atoms with E-state index in [9.17, 15) is 4.57 Å². The zero-order chi connectivity index (χ0) is 13.7. The number of rotatable bonds is 8. The zero-order valence-corrected chi connectivity index (χ0v) is 14.1. The van der Waals surface area contributed by atoms with Gasteiger partial charge in [-0.15, -0.1) is 0 Å². The van der Waals surface area contributed by atoms with Crippen LogP contribution in [0.3, 0.4) is 0 Å². The van der Waals surface area contributed by atoms with Gasteiger partial charge in [-0.2, -0.15) is 0 Å². The molecule has 17 heavy (non-hydrogen) atoms. The molecule has 0 aromatic rings. The van der Waals surface area contributed by atoms with E-state index in [1.165, 1.54) is 0 Å². The Hall–Kier alpha value is 0.327. The molecule has 0 saturated heterocycles. The highest BCUT2D eigenvalue weighted by atomic mass is 31.2. The molecule has 0 bridgehead atoms. The van der Waals surface area contributed by atoms with Gasteiger partial charge in [-0.25, -0.2) is 0 Å². The van der Waals surface area contributed by atoms with Gasteiger partial charge in [0.25, 0.3) is 0 Å². The maximum atomic E-state index is 12.7. The van der Waals surface area contributed by atoms with Crippen molar-refractivity contribution < 1.29 is 13.6 Å². The predicted molar refractivity (Wildman–Crippen MR) is 76.0 cm³/mol. The number of hydrogen-bond acceptors (Lipinski definition) is 4. The lowest BCUT2D eigenvalue weighted by Gasteiger charge is -2.34. The average Bonchev–Trinajstić information content (AvgIpc) is 2.13. The van der Waals surface area contributed by atoms with Gasteiger partial charge in [0.05, 0.1) is 13.2 Å². The topological polar surface area (TPSA) is 47.6 Å². The maximum Gasteiger partial charge on any atom is 0.347 e. The smallest absolute Gasteiger partial charge is 0.325 e. The minimum absolute atomic E-state index is 0.214. The summed E-state index contributed by atoms with van der Waals surface area (Å²) in [5, 5.41) is 0. The molecule has 4 nitrogen and oxygen atoms in total. The van der Waals surface area contributed by atoms with Crippen LogP contribution in [0, 0.1) is 5.92 Å². The van der Waals surface area contributed by atoms with Crippen molar-refractivity contribution in [2.45, 2.75) is 53.1 Å². The fourth-order valence-electron chi connectivity index (χ4n) is 1.61. The van der Waals surface area contributed by atoms with Crippen LogP contribution in [-0.2, 0) is 13.6 Å². The van der Waals surface area contributed by atoms with Gasteiger partial charge in [0.15, 0.2) is 0 Å². The zero-order valence-electron chi connectivity index (χ0n) is 12.2. The first-order valence-electron chi connectivity index (χ1n) is 6.32. The van der Waals surface area contributed by atoms with Gasteiger partial charge in [0.2, 0.25) is 0 Å². The quantitative estimate of drug-likeness (QED) is 0.545. The summed E-state index contributed by atoms with van der Waals surface area (Å²) in [5.41, 5.74) is 0. The van der Waals surface area contributed by atoms with E-state index in [2.05, 4.69) is 24.6 Å². The molecule has 0 amide bonds. The van der Waals surface area contributed by atoms with E-state index < -0.39 is 15.8 Å². The summed E-state index contributed by atoms with van der Waals surface area (Å²) < 4.78 is 23.6. The first kappa shape index (κ1) is 17.3. The van der Waals surface area contributed by atoms with Gasteiger partial charge < -0.3 is 14.0 Å². The standard InChI is InChI=1S/C11H28NO3PSi/c1-8-14-16(13,15-9-2)11(10(3)4)12-17(5,6)7/h10-12H,8-9H2,1-7H3. The monoisotopic (exact) mass is 281 g/mol. The normalized spacial score (nSPS) is 15.3. The second-order valence-corrected chi connectivity index (χ2v) is 12.4. The molecule has 0 spiro atoms. The van der Waals surface area contributed by atoms with Gasteiger partial charge in [0, 0.05) is 0 Å². The Bertz CT molecular complexity index is 256. The summed E-state index contributed by atoms with van der Waals surface area (Å²) in [4.78, 5) is 3.49. The van der Waals surface area contributed by atoms with E-state index in [1.54, 1.807) is 0 Å². The van der Waals surface area contributed by atoms with E-state index >= 15 is 0 Å². The lowest BCUT2D eigenvalue weighted by Crippen LogP contribution is -2.50. The van der Waals surface area contributed by atoms with Gasteiger partial charge in [-0.1, -0.05) is 33.5 Å². The van der Waals surface area contributed by atoms with Crippen LogP contribution in [0.5, 0.6) is 0 Å². The molecule has 1 unspecified atom stereocenters. The summed E-state index contributed by atoms with van der Waals surface area (Å²) in [6.45, 7) is 15.2. The van der Waals surface area contributed by atoms with Crippen LogP contribution in [0.25, 0.3) is 0 Å². The summed E-state index contributed by atoms with van der Waals surface area (Å²) in [7, 11) is -4.59. The molecule has 0 heterocycles. The largest absolute Gasteiger partial charge is 0.347 e. The minimum atomic E-state index is -3.06. The summed E-state index contributed by atoms with van der Waals surface area (Å²) in [6, 6.07) is 0. The molecule has 0 aliphatic carbocycles. The lowest BCUT2D eigenvalue weighted by molar-refractivity contribution is 0.203. The molecule has 104 valence electrons. The summed E-state index contributed by atoms with van der Waals surface area (Å²) >= 11 is 0.